The quantitative estimate of drug-likeness (QED) is 0.805. The Morgan fingerprint density at radius 3 is 2.29 bits per heavy atom. The predicted molar refractivity (Wildman–Crippen MR) is 66.1 cm³/mol. The molecule has 0 unspecified atom stereocenters. The minimum Gasteiger partial charge on any atom is -0.352 e. The van der Waals surface area contributed by atoms with Crippen molar-refractivity contribution in [1.29, 1.82) is 0 Å². The number of amides is 1. The van der Waals surface area contributed by atoms with E-state index in [4.69, 9.17) is 0 Å². The maximum absolute atomic E-state index is 11.5. The summed E-state index contributed by atoms with van der Waals surface area (Å²) in [5.41, 5.74) is 1.37. The van der Waals surface area contributed by atoms with Gasteiger partial charge in [0.25, 0.3) is 5.91 Å². The number of rotatable bonds is 5. The summed E-state index contributed by atoms with van der Waals surface area (Å²) >= 11 is 0. The lowest BCUT2D eigenvalue weighted by molar-refractivity contribution is 0.0956. The van der Waals surface area contributed by atoms with E-state index in [-0.39, 0.29) is 12.5 Å². The van der Waals surface area contributed by atoms with Gasteiger partial charge in [-0.1, -0.05) is 12.1 Å². The number of nitrogens with one attached hydrogen (secondary N) is 2. The maximum atomic E-state index is 11.5. The third-order valence-electron chi connectivity index (χ3n) is 2.09. The van der Waals surface area contributed by atoms with Crippen molar-refractivity contribution < 1.29 is 13.2 Å². The standard InChI is InChI=1S/C11H16N2O3S/c1-3-12-11(14)10-6-4-9(5-7-10)8-13-17(2,15)16/h4-7,13H,3,8H2,1-2H3,(H,12,14). The minimum atomic E-state index is -3.19. The first-order valence-electron chi connectivity index (χ1n) is 5.24. The number of carbonyl (C=O) groups excluding carboxylic acids is 1. The SMILES string of the molecule is CCNC(=O)c1ccc(CNS(C)(=O)=O)cc1. The van der Waals surface area contributed by atoms with E-state index in [2.05, 4.69) is 10.0 Å². The van der Waals surface area contributed by atoms with Gasteiger partial charge < -0.3 is 5.32 Å². The highest BCUT2D eigenvalue weighted by molar-refractivity contribution is 7.88. The highest BCUT2D eigenvalue weighted by atomic mass is 32.2. The second-order valence-corrected chi connectivity index (χ2v) is 5.48. The molecule has 1 amide bonds. The van der Waals surface area contributed by atoms with Crippen LogP contribution in [0, 0.1) is 0 Å². The average molecular weight is 256 g/mol. The molecule has 0 saturated carbocycles. The van der Waals surface area contributed by atoms with E-state index in [0.717, 1.165) is 11.8 Å². The fraction of sp³-hybridized carbons (Fsp3) is 0.364. The van der Waals surface area contributed by atoms with Crippen molar-refractivity contribution in [2.24, 2.45) is 0 Å². The first-order chi connectivity index (χ1) is 7.92. The second-order valence-electron chi connectivity index (χ2n) is 3.65. The van der Waals surface area contributed by atoms with Crippen LogP contribution in [-0.2, 0) is 16.6 Å². The maximum Gasteiger partial charge on any atom is 0.251 e. The molecular weight excluding hydrogens is 240 g/mol. The topological polar surface area (TPSA) is 75.3 Å². The van der Waals surface area contributed by atoms with Crippen LogP contribution in [0.25, 0.3) is 0 Å². The Balaban J connectivity index is 2.65. The molecular formula is C11H16N2O3S. The van der Waals surface area contributed by atoms with Crippen molar-refractivity contribution in [2.75, 3.05) is 12.8 Å². The Morgan fingerprint density at radius 2 is 1.82 bits per heavy atom. The zero-order chi connectivity index (χ0) is 12.9. The van der Waals surface area contributed by atoms with E-state index in [1.54, 1.807) is 24.3 Å². The minimum absolute atomic E-state index is 0.130. The second kappa shape index (κ2) is 5.79. The molecule has 0 atom stereocenters. The van der Waals surface area contributed by atoms with Gasteiger partial charge in [0.05, 0.1) is 6.26 Å². The summed E-state index contributed by atoms with van der Waals surface area (Å²) in [5, 5.41) is 2.69. The van der Waals surface area contributed by atoms with Gasteiger partial charge in [-0.25, -0.2) is 13.1 Å². The largest absolute Gasteiger partial charge is 0.352 e. The number of sulfonamides is 1. The van der Waals surface area contributed by atoms with Gasteiger partial charge in [-0.3, -0.25) is 4.79 Å². The third-order valence-corrected chi connectivity index (χ3v) is 2.76. The summed E-state index contributed by atoms with van der Waals surface area (Å²) in [7, 11) is -3.19. The number of benzene rings is 1. The van der Waals surface area contributed by atoms with Crippen LogP contribution in [0.15, 0.2) is 24.3 Å². The molecule has 0 aliphatic carbocycles. The number of hydrogen-bond donors (Lipinski definition) is 2. The van der Waals surface area contributed by atoms with Gasteiger partial charge in [0, 0.05) is 18.7 Å². The van der Waals surface area contributed by atoms with Crippen LogP contribution in [0.1, 0.15) is 22.8 Å². The number of carbonyl (C=O) groups is 1. The van der Waals surface area contributed by atoms with Crippen LogP contribution < -0.4 is 10.0 Å². The Bertz CT molecular complexity index is 480. The Kier molecular flexibility index (Phi) is 4.65. The van der Waals surface area contributed by atoms with E-state index < -0.39 is 10.0 Å². The van der Waals surface area contributed by atoms with Crippen LogP contribution in [0.4, 0.5) is 0 Å². The molecule has 0 fully saturated rings. The molecule has 1 aromatic carbocycles. The van der Waals surface area contributed by atoms with Crippen LogP contribution >= 0.6 is 0 Å². The van der Waals surface area contributed by atoms with Crippen molar-refractivity contribution in [3.8, 4) is 0 Å². The van der Waals surface area contributed by atoms with Crippen molar-refractivity contribution >= 4 is 15.9 Å². The fourth-order valence-electron chi connectivity index (χ4n) is 1.25. The van der Waals surface area contributed by atoms with Gasteiger partial charge in [-0.05, 0) is 24.6 Å². The molecule has 17 heavy (non-hydrogen) atoms. The van der Waals surface area contributed by atoms with Crippen LogP contribution in [0.2, 0.25) is 0 Å². The summed E-state index contributed by atoms with van der Waals surface area (Å²) in [4.78, 5) is 11.5. The summed E-state index contributed by atoms with van der Waals surface area (Å²) in [5.74, 6) is -0.130. The smallest absolute Gasteiger partial charge is 0.251 e. The van der Waals surface area contributed by atoms with Gasteiger partial charge in [0.15, 0.2) is 0 Å². The Hall–Kier alpha value is -1.40. The molecule has 94 valence electrons. The molecule has 0 aliphatic heterocycles. The average Bonchev–Trinajstić information content (AvgIpc) is 2.26. The summed E-state index contributed by atoms with van der Waals surface area (Å²) in [6, 6.07) is 6.79. The molecule has 2 N–H and O–H groups in total. The van der Waals surface area contributed by atoms with Crippen molar-refractivity contribution in [3.05, 3.63) is 35.4 Å². The highest BCUT2D eigenvalue weighted by Crippen LogP contribution is 2.04. The highest BCUT2D eigenvalue weighted by Gasteiger charge is 2.04. The normalized spacial score (nSPS) is 11.2. The molecule has 0 aliphatic rings. The van der Waals surface area contributed by atoms with E-state index in [9.17, 15) is 13.2 Å². The van der Waals surface area contributed by atoms with Gasteiger partial charge in [-0.15, -0.1) is 0 Å². The van der Waals surface area contributed by atoms with E-state index in [0.29, 0.717) is 12.1 Å². The molecule has 0 bridgehead atoms. The van der Waals surface area contributed by atoms with Gasteiger partial charge in [0.1, 0.15) is 0 Å². The monoisotopic (exact) mass is 256 g/mol. The van der Waals surface area contributed by atoms with Crippen molar-refractivity contribution in [3.63, 3.8) is 0 Å². The van der Waals surface area contributed by atoms with Crippen LogP contribution in [0.5, 0.6) is 0 Å². The van der Waals surface area contributed by atoms with Gasteiger partial charge >= 0.3 is 0 Å². The predicted octanol–water partition coefficient (Wildman–Crippen LogP) is 0.486. The first-order valence-corrected chi connectivity index (χ1v) is 7.13. The van der Waals surface area contributed by atoms with Gasteiger partial charge in [-0.2, -0.15) is 0 Å². The summed E-state index contributed by atoms with van der Waals surface area (Å²) < 4.78 is 24.2. The van der Waals surface area contributed by atoms with Crippen LogP contribution in [0.3, 0.4) is 0 Å². The van der Waals surface area contributed by atoms with Crippen molar-refractivity contribution in [1.82, 2.24) is 10.0 Å². The van der Waals surface area contributed by atoms with Gasteiger partial charge in [0.2, 0.25) is 10.0 Å². The van der Waals surface area contributed by atoms with E-state index >= 15 is 0 Å². The summed E-state index contributed by atoms with van der Waals surface area (Å²) in [6.45, 7) is 2.66. The van der Waals surface area contributed by atoms with Crippen LogP contribution in [-0.4, -0.2) is 27.1 Å². The Labute approximate surface area is 101 Å². The molecule has 0 saturated heterocycles. The molecule has 1 rings (SSSR count). The fourth-order valence-corrected chi connectivity index (χ4v) is 1.68. The molecule has 1 aromatic rings. The zero-order valence-electron chi connectivity index (χ0n) is 9.86. The number of hydrogen-bond acceptors (Lipinski definition) is 3. The lowest BCUT2D eigenvalue weighted by atomic mass is 10.1. The zero-order valence-corrected chi connectivity index (χ0v) is 10.7. The van der Waals surface area contributed by atoms with E-state index in [1.807, 2.05) is 6.92 Å². The Morgan fingerprint density at radius 1 is 1.24 bits per heavy atom. The van der Waals surface area contributed by atoms with Crippen molar-refractivity contribution in [2.45, 2.75) is 13.5 Å². The molecule has 0 radical (unpaired) electrons. The molecule has 6 heteroatoms. The third kappa shape index (κ3) is 4.97. The van der Waals surface area contributed by atoms with E-state index in [1.165, 1.54) is 0 Å². The molecule has 0 spiro atoms. The lowest BCUT2D eigenvalue weighted by Crippen LogP contribution is -2.23. The lowest BCUT2D eigenvalue weighted by Gasteiger charge is -2.05. The molecule has 0 heterocycles. The molecule has 0 aromatic heterocycles. The summed E-state index contributed by atoms with van der Waals surface area (Å²) in [6.07, 6.45) is 1.11. The first kappa shape index (κ1) is 13.7. The molecule has 5 nitrogen and oxygen atoms in total.